The van der Waals surface area contributed by atoms with Gasteiger partial charge in [-0.1, -0.05) is 20.8 Å². The quantitative estimate of drug-likeness (QED) is 0.810. The van der Waals surface area contributed by atoms with E-state index in [0.29, 0.717) is 0 Å². The molecule has 2 saturated heterocycles. The molecular weight excluding hydrogens is 258 g/mol. The molecule has 0 aromatic rings. The Bertz CT molecular complexity index is 338. The highest BCUT2D eigenvalue weighted by Gasteiger charge is 2.49. The Morgan fingerprint density at radius 3 is 2.47 bits per heavy atom. The lowest BCUT2D eigenvalue weighted by molar-refractivity contribution is -0.153. The number of fused-ring (bicyclic) bond motifs is 1. The SMILES string of the molecule is CC1(C)OC2CNC(CO[Si](C)(C)C(C)(C)C)C2O1. The van der Waals surface area contributed by atoms with E-state index in [2.05, 4.69) is 39.2 Å². The van der Waals surface area contributed by atoms with Gasteiger partial charge in [-0.25, -0.2) is 0 Å². The van der Waals surface area contributed by atoms with Crippen LogP contribution in [-0.4, -0.2) is 45.5 Å². The second kappa shape index (κ2) is 4.81. The van der Waals surface area contributed by atoms with Crippen molar-refractivity contribution in [2.24, 2.45) is 0 Å². The minimum Gasteiger partial charge on any atom is -0.415 e. The molecule has 4 nitrogen and oxygen atoms in total. The third kappa shape index (κ3) is 3.21. The zero-order chi connectivity index (χ0) is 14.5. The lowest BCUT2D eigenvalue weighted by atomic mass is 10.1. The lowest BCUT2D eigenvalue weighted by Gasteiger charge is -2.37. The summed E-state index contributed by atoms with van der Waals surface area (Å²) in [6.07, 6.45) is 0.294. The van der Waals surface area contributed by atoms with Gasteiger partial charge in [0.05, 0.1) is 12.6 Å². The van der Waals surface area contributed by atoms with Gasteiger partial charge in [-0.2, -0.15) is 0 Å². The smallest absolute Gasteiger partial charge is 0.192 e. The molecule has 2 aliphatic heterocycles. The topological polar surface area (TPSA) is 39.7 Å². The fraction of sp³-hybridized carbons (Fsp3) is 1.00. The fourth-order valence-corrected chi connectivity index (χ4v) is 3.44. The molecule has 2 heterocycles. The van der Waals surface area contributed by atoms with E-state index in [9.17, 15) is 0 Å². The van der Waals surface area contributed by atoms with E-state index in [0.717, 1.165) is 13.2 Å². The molecule has 0 aliphatic carbocycles. The van der Waals surface area contributed by atoms with E-state index < -0.39 is 14.1 Å². The molecule has 2 rings (SSSR count). The second-order valence-corrected chi connectivity index (χ2v) is 12.5. The molecule has 0 amide bonds. The van der Waals surface area contributed by atoms with Gasteiger partial charge in [-0.3, -0.25) is 0 Å². The molecule has 0 bridgehead atoms. The predicted octanol–water partition coefficient (Wildman–Crippen LogP) is 2.50. The standard InChI is InChI=1S/C14H29NO3Si/c1-13(2,3)19(6,7)16-9-10-12-11(8-15-10)17-14(4,5)18-12/h10-12,15H,8-9H2,1-7H3. The minimum absolute atomic E-state index is 0.125. The first-order valence-corrected chi connectivity index (χ1v) is 10.2. The largest absolute Gasteiger partial charge is 0.415 e. The minimum atomic E-state index is -1.69. The van der Waals surface area contributed by atoms with Crippen molar-refractivity contribution in [3.63, 3.8) is 0 Å². The molecule has 5 heteroatoms. The first kappa shape index (κ1) is 15.4. The summed E-state index contributed by atoms with van der Waals surface area (Å²) in [5.74, 6) is -0.452. The highest BCUT2D eigenvalue weighted by atomic mass is 28.4. The maximum Gasteiger partial charge on any atom is 0.192 e. The van der Waals surface area contributed by atoms with Crippen LogP contribution in [0, 0.1) is 0 Å². The molecule has 0 aromatic heterocycles. The van der Waals surface area contributed by atoms with Crippen LogP contribution in [0.5, 0.6) is 0 Å². The summed E-state index contributed by atoms with van der Waals surface area (Å²) in [5, 5.41) is 3.71. The van der Waals surface area contributed by atoms with E-state index in [1.807, 2.05) is 13.8 Å². The first-order chi connectivity index (χ1) is 8.52. The van der Waals surface area contributed by atoms with Crippen molar-refractivity contribution >= 4 is 8.32 Å². The summed E-state index contributed by atoms with van der Waals surface area (Å²) in [6, 6.07) is 0.251. The van der Waals surface area contributed by atoms with Crippen molar-refractivity contribution in [1.82, 2.24) is 5.32 Å². The van der Waals surface area contributed by atoms with Gasteiger partial charge >= 0.3 is 0 Å². The van der Waals surface area contributed by atoms with Crippen LogP contribution in [-0.2, 0) is 13.9 Å². The highest BCUT2D eigenvalue weighted by molar-refractivity contribution is 6.74. The van der Waals surface area contributed by atoms with Gasteiger partial charge in [-0.15, -0.1) is 0 Å². The van der Waals surface area contributed by atoms with Crippen molar-refractivity contribution in [2.75, 3.05) is 13.2 Å². The molecule has 3 unspecified atom stereocenters. The Kier molecular flexibility index (Phi) is 3.91. The molecule has 19 heavy (non-hydrogen) atoms. The summed E-state index contributed by atoms with van der Waals surface area (Å²) in [5.41, 5.74) is 0. The van der Waals surface area contributed by atoms with E-state index in [4.69, 9.17) is 13.9 Å². The molecule has 0 aromatic carbocycles. The highest BCUT2D eigenvalue weighted by Crippen LogP contribution is 2.38. The molecule has 0 saturated carbocycles. The second-order valence-electron chi connectivity index (χ2n) is 7.72. The van der Waals surface area contributed by atoms with E-state index >= 15 is 0 Å². The van der Waals surface area contributed by atoms with Gasteiger partial charge in [0.25, 0.3) is 0 Å². The van der Waals surface area contributed by atoms with Crippen LogP contribution in [0.1, 0.15) is 34.6 Å². The van der Waals surface area contributed by atoms with Crippen LogP contribution in [0.25, 0.3) is 0 Å². The van der Waals surface area contributed by atoms with Gasteiger partial charge in [0.15, 0.2) is 14.1 Å². The van der Waals surface area contributed by atoms with Crippen LogP contribution in [0.15, 0.2) is 0 Å². The maximum atomic E-state index is 6.30. The zero-order valence-corrected chi connectivity index (χ0v) is 14.4. The Hall–Kier alpha value is 0.0569. The monoisotopic (exact) mass is 287 g/mol. The third-order valence-corrected chi connectivity index (χ3v) is 9.13. The van der Waals surface area contributed by atoms with Gasteiger partial charge in [-0.05, 0) is 32.0 Å². The van der Waals surface area contributed by atoms with E-state index in [1.54, 1.807) is 0 Å². The van der Waals surface area contributed by atoms with Crippen molar-refractivity contribution < 1.29 is 13.9 Å². The lowest BCUT2D eigenvalue weighted by Crippen LogP contribution is -2.46. The van der Waals surface area contributed by atoms with Crippen LogP contribution < -0.4 is 5.32 Å². The Balaban J connectivity index is 1.91. The van der Waals surface area contributed by atoms with E-state index in [1.165, 1.54) is 0 Å². The summed E-state index contributed by atoms with van der Waals surface area (Å²) >= 11 is 0. The zero-order valence-electron chi connectivity index (χ0n) is 13.4. The summed E-state index contributed by atoms with van der Waals surface area (Å²) < 4.78 is 18.2. The van der Waals surface area contributed by atoms with Gasteiger partial charge in [0.1, 0.15) is 12.2 Å². The normalized spacial score (nSPS) is 34.6. The number of hydrogen-bond acceptors (Lipinski definition) is 4. The Morgan fingerprint density at radius 1 is 1.26 bits per heavy atom. The van der Waals surface area contributed by atoms with Crippen molar-refractivity contribution in [3.8, 4) is 0 Å². The predicted molar refractivity (Wildman–Crippen MR) is 78.8 cm³/mol. The molecule has 3 atom stereocenters. The van der Waals surface area contributed by atoms with Crippen molar-refractivity contribution in [3.05, 3.63) is 0 Å². The Morgan fingerprint density at radius 2 is 1.89 bits per heavy atom. The average molecular weight is 287 g/mol. The first-order valence-electron chi connectivity index (χ1n) is 7.25. The van der Waals surface area contributed by atoms with Crippen LogP contribution in [0.3, 0.4) is 0 Å². The molecule has 0 radical (unpaired) electrons. The van der Waals surface area contributed by atoms with Gasteiger partial charge in [0.2, 0.25) is 0 Å². The van der Waals surface area contributed by atoms with Crippen LogP contribution in [0.4, 0.5) is 0 Å². The summed E-state index contributed by atoms with van der Waals surface area (Å²) in [4.78, 5) is 0. The molecule has 112 valence electrons. The molecule has 1 N–H and O–H groups in total. The number of nitrogens with one attached hydrogen (secondary N) is 1. The molecule has 2 aliphatic rings. The average Bonchev–Trinajstić information content (AvgIpc) is 2.68. The van der Waals surface area contributed by atoms with Crippen molar-refractivity contribution in [1.29, 1.82) is 0 Å². The van der Waals surface area contributed by atoms with E-state index in [-0.39, 0.29) is 23.3 Å². The van der Waals surface area contributed by atoms with Crippen molar-refractivity contribution in [2.45, 2.75) is 76.8 Å². The fourth-order valence-electron chi connectivity index (χ4n) is 2.41. The van der Waals surface area contributed by atoms with Crippen LogP contribution >= 0.6 is 0 Å². The third-order valence-electron chi connectivity index (χ3n) is 4.63. The van der Waals surface area contributed by atoms with Crippen LogP contribution in [0.2, 0.25) is 18.1 Å². The maximum absolute atomic E-state index is 6.30. The van der Waals surface area contributed by atoms with Gasteiger partial charge in [0, 0.05) is 6.54 Å². The summed E-state index contributed by atoms with van der Waals surface area (Å²) in [7, 11) is -1.69. The molecular formula is C14H29NO3Si. The summed E-state index contributed by atoms with van der Waals surface area (Å²) in [6.45, 7) is 16.9. The molecule has 0 spiro atoms. The Labute approximate surface area is 118 Å². The van der Waals surface area contributed by atoms with Gasteiger partial charge < -0.3 is 19.2 Å². The number of rotatable bonds is 3. The number of hydrogen-bond donors (Lipinski definition) is 1. The molecule has 2 fully saturated rings. The number of ether oxygens (including phenoxy) is 2.